The first kappa shape index (κ1) is 17.1. The van der Waals surface area contributed by atoms with Crippen molar-refractivity contribution >= 4 is 11.6 Å². The van der Waals surface area contributed by atoms with Crippen LogP contribution in [0.25, 0.3) is 0 Å². The summed E-state index contributed by atoms with van der Waals surface area (Å²) in [7, 11) is 3.29. The van der Waals surface area contributed by atoms with E-state index in [2.05, 4.69) is 15.2 Å². The lowest BCUT2D eigenvalue weighted by Crippen LogP contribution is -2.37. The van der Waals surface area contributed by atoms with Gasteiger partial charge in [0, 0.05) is 55.4 Å². The minimum atomic E-state index is 0.0428. The molecule has 1 unspecified atom stereocenters. The zero-order valence-corrected chi connectivity index (χ0v) is 14.6. The van der Waals surface area contributed by atoms with E-state index in [0.717, 1.165) is 42.3 Å². The van der Waals surface area contributed by atoms with Crippen molar-refractivity contribution in [2.75, 3.05) is 32.2 Å². The quantitative estimate of drug-likeness (QED) is 0.871. The van der Waals surface area contributed by atoms with Crippen LogP contribution >= 0.6 is 0 Å². The number of benzene rings is 1. The maximum absolute atomic E-state index is 12.2. The zero-order valence-electron chi connectivity index (χ0n) is 14.6. The molecule has 1 aromatic carbocycles. The van der Waals surface area contributed by atoms with Crippen LogP contribution in [0.2, 0.25) is 0 Å². The highest BCUT2D eigenvalue weighted by atomic mass is 16.5. The van der Waals surface area contributed by atoms with E-state index in [0.29, 0.717) is 6.42 Å². The molecule has 0 bridgehead atoms. The van der Waals surface area contributed by atoms with Gasteiger partial charge in [-0.3, -0.25) is 9.78 Å². The predicted molar refractivity (Wildman–Crippen MR) is 96.2 cm³/mol. The standard InChI is InChI=1S/C19H23N3O3/c1-24-17-10-16(11-18(12-17)25-2)22-8-5-15(13-22)21-19(23)9-14-3-6-20-7-4-14/h3-4,6-7,10-12,15H,5,8-9,13H2,1-2H3,(H,21,23). The highest BCUT2D eigenvalue weighted by Crippen LogP contribution is 2.30. The van der Waals surface area contributed by atoms with Crippen molar-refractivity contribution in [3.63, 3.8) is 0 Å². The second-order valence-electron chi connectivity index (χ2n) is 6.10. The van der Waals surface area contributed by atoms with Crippen LogP contribution in [0.4, 0.5) is 5.69 Å². The zero-order chi connectivity index (χ0) is 17.6. The van der Waals surface area contributed by atoms with Gasteiger partial charge in [0.15, 0.2) is 0 Å². The van der Waals surface area contributed by atoms with E-state index in [4.69, 9.17) is 9.47 Å². The second kappa shape index (κ2) is 7.88. The summed E-state index contributed by atoms with van der Waals surface area (Å²) in [5.74, 6) is 1.57. The largest absolute Gasteiger partial charge is 0.497 e. The van der Waals surface area contributed by atoms with E-state index in [1.165, 1.54) is 0 Å². The lowest BCUT2D eigenvalue weighted by atomic mass is 10.2. The van der Waals surface area contributed by atoms with Crippen molar-refractivity contribution < 1.29 is 14.3 Å². The summed E-state index contributed by atoms with van der Waals surface area (Å²) in [6, 6.07) is 9.71. The summed E-state index contributed by atoms with van der Waals surface area (Å²) in [6.07, 6.45) is 4.71. The van der Waals surface area contributed by atoms with Crippen molar-refractivity contribution in [2.24, 2.45) is 0 Å². The van der Waals surface area contributed by atoms with E-state index >= 15 is 0 Å². The Kier molecular flexibility index (Phi) is 5.38. The molecule has 2 aromatic rings. The Morgan fingerprint density at radius 3 is 2.52 bits per heavy atom. The maximum atomic E-state index is 12.2. The fraction of sp³-hybridized carbons (Fsp3) is 0.368. The lowest BCUT2D eigenvalue weighted by Gasteiger charge is -2.20. The average Bonchev–Trinajstić information content (AvgIpc) is 3.10. The van der Waals surface area contributed by atoms with Gasteiger partial charge in [-0.15, -0.1) is 0 Å². The number of nitrogens with one attached hydrogen (secondary N) is 1. The monoisotopic (exact) mass is 341 g/mol. The Morgan fingerprint density at radius 2 is 1.88 bits per heavy atom. The van der Waals surface area contributed by atoms with E-state index in [9.17, 15) is 4.79 Å². The molecule has 6 heteroatoms. The van der Waals surface area contributed by atoms with Crippen LogP contribution < -0.4 is 19.7 Å². The first-order valence-electron chi connectivity index (χ1n) is 8.34. The molecule has 3 rings (SSSR count). The normalized spacial score (nSPS) is 16.6. The van der Waals surface area contributed by atoms with Gasteiger partial charge in [-0.25, -0.2) is 0 Å². The van der Waals surface area contributed by atoms with Gasteiger partial charge >= 0.3 is 0 Å². The van der Waals surface area contributed by atoms with Gasteiger partial charge in [0.2, 0.25) is 5.91 Å². The summed E-state index contributed by atoms with van der Waals surface area (Å²) >= 11 is 0. The van der Waals surface area contributed by atoms with Gasteiger partial charge in [-0.1, -0.05) is 0 Å². The van der Waals surface area contributed by atoms with Crippen LogP contribution in [0.15, 0.2) is 42.7 Å². The van der Waals surface area contributed by atoms with Crippen LogP contribution in [0.1, 0.15) is 12.0 Å². The van der Waals surface area contributed by atoms with Gasteiger partial charge in [0.25, 0.3) is 0 Å². The summed E-state index contributed by atoms with van der Waals surface area (Å²) in [4.78, 5) is 18.4. The van der Waals surface area contributed by atoms with Gasteiger partial charge in [0.05, 0.1) is 20.6 Å². The summed E-state index contributed by atoms with van der Waals surface area (Å²) in [5, 5.41) is 3.12. The Balaban J connectivity index is 1.59. The molecule has 1 aliphatic heterocycles. The van der Waals surface area contributed by atoms with Gasteiger partial charge in [0.1, 0.15) is 11.5 Å². The van der Waals surface area contributed by atoms with E-state index in [1.54, 1.807) is 26.6 Å². The Bertz CT molecular complexity index is 699. The number of anilines is 1. The van der Waals surface area contributed by atoms with Crippen LogP contribution in [0.3, 0.4) is 0 Å². The summed E-state index contributed by atoms with van der Waals surface area (Å²) in [5.41, 5.74) is 2.02. The Hall–Kier alpha value is -2.76. The van der Waals surface area contributed by atoms with Crippen LogP contribution in [-0.4, -0.2) is 44.2 Å². The molecular weight excluding hydrogens is 318 g/mol. The topological polar surface area (TPSA) is 63.7 Å². The number of hydrogen-bond donors (Lipinski definition) is 1. The molecule has 1 saturated heterocycles. The minimum Gasteiger partial charge on any atom is -0.497 e. The lowest BCUT2D eigenvalue weighted by molar-refractivity contribution is -0.121. The third kappa shape index (κ3) is 4.41. The van der Waals surface area contributed by atoms with Crippen LogP contribution in [0, 0.1) is 0 Å². The van der Waals surface area contributed by atoms with Gasteiger partial charge < -0.3 is 19.7 Å². The molecule has 0 saturated carbocycles. The van der Waals surface area contributed by atoms with Crippen molar-refractivity contribution in [1.29, 1.82) is 0 Å². The number of aromatic nitrogens is 1. The highest BCUT2D eigenvalue weighted by molar-refractivity contribution is 5.79. The van der Waals surface area contributed by atoms with Gasteiger partial charge in [-0.05, 0) is 24.1 Å². The number of ether oxygens (including phenoxy) is 2. The van der Waals surface area contributed by atoms with Gasteiger partial charge in [-0.2, -0.15) is 0 Å². The summed E-state index contributed by atoms with van der Waals surface area (Å²) in [6.45, 7) is 1.66. The minimum absolute atomic E-state index is 0.0428. The molecule has 132 valence electrons. The van der Waals surface area contributed by atoms with Crippen LogP contribution in [-0.2, 0) is 11.2 Å². The number of methoxy groups -OCH3 is 2. The second-order valence-corrected chi connectivity index (χ2v) is 6.10. The Morgan fingerprint density at radius 1 is 1.20 bits per heavy atom. The Labute approximate surface area is 147 Å². The predicted octanol–water partition coefficient (Wildman–Crippen LogP) is 2.04. The highest BCUT2D eigenvalue weighted by Gasteiger charge is 2.24. The van der Waals surface area contributed by atoms with Crippen molar-refractivity contribution in [3.8, 4) is 11.5 Å². The number of carbonyl (C=O) groups is 1. The molecule has 25 heavy (non-hydrogen) atoms. The molecule has 1 atom stereocenters. The summed E-state index contributed by atoms with van der Waals surface area (Å²) < 4.78 is 10.7. The molecule has 2 heterocycles. The molecule has 1 amide bonds. The van der Waals surface area contributed by atoms with Crippen LogP contribution in [0.5, 0.6) is 11.5 Å². The number of carbonyl (C=O) groups excluding carboxylic acids is 1. The molecule has 0 aliphatic carbocycles. The molecular formula is C19H23N3O3. The maximum Gasteiger partial charge on any atom is 0.224 e. The molecule has 1 aliphatic rings. The SMILES string of the molecule is COc1cc(OC)cc(N2CCC(NC(=O)Cc3ccncc3)C2)c1. The molecule has 1 fully saturated rings. The van der Waals surface area contributed by atoms with Crippen molar-refractivity contribution in [3.05, 3.63) is 48.3 Å². The molecule has 0 spiro atoms. The smallest absolute Gasteiger partial charge is 0.224 e. The third-order valence-corrected chi connectivity index (χ3v) is 4.37. The first-order chi connectivity index (χ1) is 12.2. The van der Waals surface area contributed by atoms with Crippen molar-refractivity contribution in [1.82, 2.24) is 10.3 Å². The molecule has 6 nitrogen and oxygen atoms in total. The molecule has 1 aromatic heterocycles. The molecule has 0 radical (unpaired) electrons. The number of amides is 1. The van der Waals surface area contributed by atoms with E-state index in [-0.39, 0.29) is 11.9 Å². The van der Waals surface area contributed by atoms with Crippen molar-refractivity contribution in [2.45, 2.75) is 18.9 Å². The third-order valence-electron chi connectivity index (χ3n) is 4.37. The number of rotatable bonds is 6. The fourth-order valence-electron chi connectivity index (χ4n) is 3.05. The number of pyridine rings is 1. The number of nitrogens with zero attached hydrogens (tertiary/aromatic N) is 2. The number of hydrogen-bond acceptors (Lipinski definition) is 5. The first-order valence-corrected chi connectivity index (χ1v) is 8.34. The van der Waals surface area contributed by atoms with E-state index < -0.39 is 0 Å². The molecule has 1 N–H and O–H groups in total. The van der Waals surface area contributed by atoms with E-state index in [1.807, 2.05) is 30.3 Å². The fourth-order valence-corrected chi connectivity index (χ4v) is 3.05. The average molecular weight is 341 g/mol.